The Labute approximate surface area is 401 Å². The summed E-state index contributed by atoms with van der Waals surface area (Å²) in [5, 5.41) is 10.9. The van der Waals surface area contributed by atoms with Crippen molar-refractivity contribution in [1.29, 1.82) is 0 Å². The van der Waals surface area contributed by atoms with Gasteiger partial charge in [-0.15, -0.1) is 11.3 Å². The van der Waals surface area contributed by atoms with Crippen LogP contribution in [0.25, 0.3) is 103 Å². The van der Waals surface area contributed by atoms with Crippen LogP contribution in [0.5, 0.6) is 0 Å². The summed E-state index contributed by atoms with van der Waals surface area (Å²) in [5.41, 5.74) is 15.0. The Morgan fingerprint density at radius 2 is 1.06 bits per heavy atom. The minimum Gasteiger partial charge on any atom is -0.456 e. The standard InChI is InChI=1S/C63H40N4OS/c1-3-16-39(17-4-1)41-20-11-22-44(36-41)61-64-62(45-23-12-21-42(37-45)40-18-5-2-6-19-40)66-63(65-61)50-28-14-32-56-58(50)51-38-43(34-35-55(51)68-56)46-26-15-33-57-59(46)49-27-13-31-54(60(49)69-57)67-52-29-9-7-24-47(52)48-25-8-10-30-53(48)67/h1-38,61H,(H,64,65,66). The Morgan fingerprint density at radius 1 is 0.435 bits per heavy atom. The summed E-state index contributed by atoms with van der Waals surface area (Å²) < 4.78 is 11.6. The van der Waals surface area contributed by atoms with E-state index in [-0.39, 0.29) is 0 Å². The first-order chi connectivity index (χ1) is 34.2. The molecule has 0 aliphatic carbocycles. The van der Waals surface area contributed by atoms with E-state index in [1.54, 1.807) is 0 Å². The first-order valence-electron chi connectivity index (χ1n) is 23.3. The summed E-state index contributed by atoms with van der Waals surface area (Å²) in [6.45, 7) is 0. The molecule has 10 aromatic carbocycles. The van der Waals surface area contributed by atoms with Crippen molar-refractivity contribution >= 4 is 86.9 Å². The first kappa shape index (κ1) is 39.3. The van der Waals surface area contributed by atoms with Gasteiger partial charge in [-0.25, -0.2) is 9.98 Å². The molecule has 1 aliphatic heterocycles. The lowest BCUT2D eigenvalue weighted by atomic mass is 9.96. The molecule has 324 valence electrons. The third-order valence-electron chi connectivity index (χ3n) is 13.7. The molecule has 0 radical (unpaired) electrons. The van der Waals surface area contributed by atoms with Crippen LogP contribution >= 0.6 is 11.3 Å². The lowest BCUT2D eigenvalue weighted by molar-refractivity contribution is 0.668. The molecule has 0 spiro atoms. The lowest BCUT2D eigenvalue weighted by Crippen LogP contribution is -2.33. The van der Waals surface area contributed by atoms with Gasteiger partial charge in [0.15, 0.2) is 5.84 Å². The Kier molecular flexibility index (Phi) is 9.07. The number of hydrogen-bond acceptors (Lipinski definition) is 5. The van der Waals surface area contributed by atoms with Crippen LogP contribution in [0.15, 0.2) is 245 Å². The molecule has 1 unspecified atom stereocenters. The number of thiophene rings is 1. The van der Waals surface area contributed by atoms with Crippen molar-refractivity contribution in [3.63, 3.8) is 0 Å². The van der Waals surface area contributed by atoms with Gasteiger partial charge >= 0.3 is 0 Å². The molecule has 0 saturated carbocycles. The fourth-order valence-corrected chi connectivity index (χ4v) is 11.7. The molecule has 13 aromatic rings. The van der Waals surface area contributed by atoms with E-state index in [4.69, 9.17) is 14.4 Å². The second-order valence-electron chi connectivity index (χ2n) is 17.7. The molecule has 1 aliphatic rings. The second-order valence-corrected chi connectivity index (χ2v) is 18.7. The van der Waals surface area contributed by atoms with Crippen molar-refractivity contribution in [1.82, 2.24) is 9.88 Å². The zero-order valence-corrected chi connectivity index (χ0v) is 38.0. The second kappa shape index (κ2) is 15.9. The van der Waals surface area contributed by atoms with Crippen LogP contribution in [-0.2, 0) is 0 Å². The Morgan fingerprint density at radius 3 is 1.84 bits per heavy atom. The monoisotopic (exact) mass is 900 g/mol. The average molecular weight is 901 g/mol. The van der Waals surface area contributed by atoms with Crippen LogP contribution < -0.4 is 5.32 Å². The van der Waals surface area contributed by atoms with Crippen LogP contribution in [0.2, 0.25) is 0 Å². The molecule has 14 rings (SSSR count). The van der Waals surface area contributed by atoms with Gasteiger partial charge in [0.25, 0.3) is 0 Å². The molecule has 1 atom stereocenters. The van der Waals surface area contributed by atoms with Gasteiger partial charge in [0.05, 0.1) is 21.4 Å². The highest BCUT2D eigenvalue weighted by atomic mass is 32.1. The van der Waals surface area contributed by atoms with E-state index in [0.717, 1.165) is 72.3 Å². The molecule has 4 heterocycles. The number of rotatable bonds is 7. The molecule has 0 amide bonds. The number of para-hydroxylation sites is 2. The molecular weight excluding hydrogens is 861 g/mol. The highest BCUT2D eigenvalue weighted by Gasteiger charge is 2.25. The van der Waals surface area contributed by atoms with Crippen LogP contribution in [0.1, 0.15) is 22.9 Å². The number of amidine groups is 2. The largest absolute Gasteiger partial charge is 0.456 e. The molecule has 5 nitrogen and oxygen atoms in total. The SMILES string of the molecule is c1ccc(-c2cccc(C3=NC(c4cccc(-c5ccccc5)c4)NC(c4cccc5oc6ccc(-c7cccc8sc9c(-n%10c%11ccccc%11c%11ccccc%11%10)cccc9c78)cc6c45)=N3)c2)cc1. The number of nitrogens with one attached hydrogen (secondary N) is 1. The van der Waals surface area contributed by atoms with Gasteiger partial charge in [-0.1, -0.05) is 176 Å². The Bertz CT molecular complexity index is 4180. The van der Waals surface area contributed by atoms with E-state index in [9.17, 15) is 0 Å². The van der Waals surface area contributed by atoms with Crippen molar-refractivity contribution in [2.24, 2.45) is 9.98 Å². The maximum atomic E-state index is 6.68. The number of benzene rings is 10. The molecular formula is C63H40N4OS. The van der Waals surface area contributed by atoms with Gasteiger partial charge in [0, 0.05) is 48.1 Å². The summed E-state index contributed by atoms with van der Waals surface area (Å²) in [6, 6.07) is 82.0. The molecule has 69 heavy (non-hydrogen) atoms. The fourth-order valence-electron chi connectivity index (χ4n) is 10.5. The summed E-state index contributed by atoms with van der Waals surface area (Å²) in [4.78, 5) is 10.7. The quantitative estimate of drug-likeness (QED) is 0.173. The van der Waals surface area contributed by atoms with Gasteiger partial charge in [-0.2, -0.15) is 0 Å². The normalized spacial score (nSPS) is 13.9. The summed E-state index contributed by atoms with van der Waals surface area (Å²) in [7, 11) is 0. The maximum Gasteiger partial charge on any atom is 0.159 e. The van der Waals surface area contributed by atoms with Gasteiger partial charge in [-0.05, 0) is 93.5 Å². The minimum absolute atomic E-state index is 0.405. The average Bonchev–Trinajstić information content (AvgIpc) is 4.11. The smallest absolute Gasteiger partial charge is 0.159 e. The van der Waals surface area contributed by atoms with Gasteiger partial charge < -0.3 is 14.3 Å². The third-order valence-corrected chi connectivity index (χ3v) is 14.9. The van der Waals surface area contributed by atoms with Gasteiger partial charge in [0.2, 0.25) is 0 Å². The molecule has 3 aromatic heterocycles. The van der Waals surface area contributed by atoms with Gasteiger partial charge in [-0.3, -0.25) is 0 Å². The van der Waals surface area contributed by atoms with Crippen LogP contribution in [0.3, 0.4) is 0 Å². The third kappa shape index (κ3) is 6.52. The molecule has 0 fully saturated rings. The zero-order valence-electron chi connectivity index (χ0n) is 37.2. The van der Waals surface area contributed by atoms with Crippen LogP contribution in [0, 0.1) is 0 Å². The highest BCUT2D eigenvalue weighted by Crippen LogP contribution is 2.45. The number of nitrogens with zero attached hydrogens (tertiary/aromatic N) is 3. The van der Waals surface area contributed by atoms with E-state index in [0.29, 0.717) is 5.84 Å². The van der Waals surface area contributed by atoms with Crippen molar-refractivity contribution in [3.05, 3.63) is 247 Å². The topological polar surface area (TPSA) is 54.8 Å². The van der Waals surface area contributed by atoms with E-state index in [1.807, 2.05) is 17.4 Å². The van der Waals surface area contributed by atoms with Crippen molar-refractivity contribution < 1.29 is 4.42 Å². The van der Waals surface area contributed by atoms with Gasteiger partial charge in [0.1, 0.15) is 23.2 Å². The summed E-state index contributed by atoms with van der Waals surface area (Å²) >= 11 is 1.86. The van der Waals surface area contributed by atoms with E-state index in [1.165, 1.54) is 53.2 Å². The predicted octanol–water partition coefficient (Wildman–Crippen LogP) is 16.5. The van der Waals surface area contributed by atoms with E-state index < -0.39 is 6.17 Å². The molecule has 1 N–H and O–H groups in total. The number of furan rings is 1. The fraction of sp³-hybridized carbons (Fsp3) is 0.0159. The molecule has 0 saturated heterocycles. The number of aliphatic imine (C=N–C) groups is 2. The number of aromatic nitrogens is 1. The highest BCUT2D eigenvalue weighted by molar-refractivity contribution is 7.26. The number of fused-ring (bicyclic) bond motifs is 9. The maximum absolute atomic E-state index is 6.68. The van der Waals surface area contributed by atoms with E-state index in [2.05, 4.69) is 234 Å². The summed E-state index contributed by atoms with van der Waals surface area (Å²) in [6.07, 6.45) is -0.405. The number of hydrogen-bond donors (Lipinski definition) is 1. The van der Waals surface area contributed by atoms with Crippen LogP contribution in [-0.4, -0.2) is 16.2 Å². The summed E-state index contributed by atoms with van der Waals surface area (Å²) in [5.74, 6) is 1.40. The minimum atomic E-state index is -0.405. The molecule has 0 bridgehead atoms. The van der Waals surface area contributed by atoms with E-state index >= 15 is 0 Å². The Balaban J connectivity index is 0.922. The Hall–Kier alpha value is -8.84. The first-order valence-corrected chi connectivity index (χ1v) is 24.1. The molecule has 6 heteroatoms. The van der Waals surface area contributed by atoms with Crippen molar-refractivity contribution in [2.45, 2.75) is 6.17 Å². The van der Waals surface area contributed by atoms with Crippen molar-refractivity contribution in [3.8, 4) is 39.1 Å². The zero-order chi connectivity index (χ0) is 45.4. The lowest BCUT2D eigenvalue weighted by Gasteiger charge is -2.24. The van der Waals surface area contributed by atoms with Crippen LogP contribution in [0.4, 0.5) is 0 Å². The van der Waals surface area contributed by atoms with Crippen molar-refractivity contribution in [2.75, 3.05) is 0 Å². The predicted molar refractivity (Wildman–Crippen MR) is 289 cm³/mol.